The molecule has 9 N–H and O–H groups in total. The first-order valence-corrected chi connectivity index (χ1v) is 11.4. The Kier molecular flexibility index (Phi) is 13.0. The summed E-state index contributed by atoms with van der Waals surface area (Å²) in [5.74, 6) is -4.56. The van der Waals surface area contributed by atoms with Crippen LogP contribution in [0.15, 0.2) is 30.3 Å². The van der Waals surface area contributed by atoms with E-state index in [2.05, 4.69) is 16.0 Å². The molecule has 0 aliphatic carbocycles. The fourth-order valence-corrected chi connectivity index (χ4v) is 3.20. The van der Waals surface area contributed by atoms with Gasteiger partial charge in [0.15, 0.2) is 0 Å². The molecular formula is C23H35N5O7. The number of nitrogens with two attached hydrogens (primary N) is 2. The van der Waals surface area contributed by atoms with Crippen LogP contribution < -0.4 is 27.4 Å². The molecule has 0 unspecified atom stereocenters. The van der Waals surface area contributed by atoms with Gasteiger partial charge in [-0.05, 0) is 51.1 Å². The molecule has 1 rings (SSSR count). The van der Waals surface area contributed by atoms with Crippen molar-refractivity contribution in [3.05, 3.63) is 35.9 Å². The second-order valence-electron chi connectivity index (χ2n) is 8.20. The lowest BCUT2D eigenvalue weighted by atomic mass is 10.0. The van der Waals surface area contributed by atoms with Crippen LogP contribution in [0.5, 0.6) is 0 Å². The van der Waals surface area contributed by atoms with Gasteiger partial charge in [-0.25, -0.2) is 4.79 Å². The van der Waals surface area contributed by atoms with Gasteiger partial charge >= 0.3 is 11.9 Å². The number of nitrogens with one attached hydrogen (secondary N) is 3. The molecule has 35 heavy (non-hydrogen) atoms. The first-order chi connectivity index (χ1) is 16.5. The number of unbranched alkanes of at least 4 members (excludes halogenated alkanes) is 1. The quantitative estimate of drug-likeness (QED) is 0.142. The number of rotatable bonds is 16. The van der Waals surface area contributed by atoms with Gasteiger partial charge in [0.2, 0.25) is 17.7 Å². The van der Waals surface area contributed by atoms with E-state index in [1.165, 1.54) is 6.92 Å². The Balaban J connectivity index is 2.76. The van der Waals surface area contributed by atoms with Gasteiger partial charge in [-0.15, -0.1) is 0 Å². The van der Waals surface area contributed by atoms with E-state index < -0.39 is 60.2 Å². The lowest BCUT2D eigenvalue weighted by Crippen LogP contribution is -2.56. The summed E-state index contributed by atoms with van der Waals surface area (Å²) < 4.78 is 0. The van der Waals surface area contributed by atoms with Crippen molar-refractivity contribution in [2.75, 3.05) is 6.54 Å². The zero-order chi connectivity index (χ0) is 26.4. The number of amides is 3. The Hall–Kier alpha value is -3.51. The molecule has 1 aromatic carbocycles. The topological polar surface area (TPSA) is 214 Å². The van der Waals surface area contributed by atoms with E-state index in [0.29, 0.717) is 19.4 Å². The molecule has 12 nitrogen and oxygen atoms in total. The van der Waals surface area contributed by atoms with Crippen LogP contribution >= 0.6 is 0 Å². The van der Waals surface area contributed by atoms with E-state index in [1.807, 2.05) is 6.07 Å². The molecule has 0 saturated carbocycles. The monoisotopic (exact) mass is 493 g/mol. The highest BCUT2D eigenvalue weighted by molar-refractivity contribution is 5.94. The number of hydrogen-bond acceptors (Lipinski definition) is 7. The molecule has 0 aliphatic heterocycles. The summed E-state index contributed by atoms with van der Waals surface area (Å²) in [5.41, 5.74) is 12.2. The van der Waals surface area contributed by atoms with Crippen molar-refractivity contribution >= 4 is 29.7 Å². The minimum absolute atomic E-state index is 0.176. The van der Waals surface area contributed by atoms with Crippen LogP contribution in [0.4, 0.5) is 0 Å². The van der Waals surface area contributed by atoms with Crippen LogP contribution in [0.3, 0.4) is 0 Å². The molecule has 3 amide bonds. The van der Waals surface area contributed by atoms with E-state index >= 15 is 0 Å². The molecule has 0 radical (unpaired) electrons. The van der Waals surface area contributed by atoms with E-state index in [4.69, 9.17) is 16.6 Å². The Morgan fingerprint density at radius 3 is 2.06 bits per heavy atom. The SMILES string of the molecule is C[C@H](NC(=O)[C@H](CCC(=O)O)NC(=O)[C@@H](N)Cc1ccccc1)C(=O)N[C@@H](CCCCN)C(=O)O. The number of hydrogen-bond donors (Lipinski definition) is 7. The number of benzene rings is 1. The largest absolute Gasteiger partial charge is 0.481 e. The van der Waals surface area contributed by atoms with Crippen LogP contribution in [0.2, 0.25) is 0 Å². The molecule has 4 atom stereocenters. The zero-order valence-corrected chi connectivity index (χ0v) is 19.7. The van der Waals surface area contributed by atoms with Gasteiger partial charge in [-0.2, -0.15) is 0 Å². The van der Waals surface area contributed by atoms with Crippen molar-refractivity contribution in [3.63, 3.8) is 0 Å². The van der Waals surface area contributed by atoms with E-state index in [9.17, 15) is 29.1 Å². The summed E-state index contributed by atoms with van der Waals surface area (Å²) >= 11 is 0. The van der Waals surface area contributed by atoms with E-state index in [0.717, 1.165) is 5.56 Å². The lowest BCUT2D eigenvalue weighted by Gasteiger charge is -2.23. The van der Waals surface area contributed by atoms with Gasteiger partial charge in [0.1, 0.15) is 18.1 Å². The molecule has 194 valence electrons. The van der Waals surface area contributed by atoms with Gasteiger partial charge in [0.25, 0.3) is 0 Å². The highest BCUT2D eigenvalue weighted by Gasteiger charge is 2.28. The summed E-state index contributed by atoms with van der Waals surface area (Å²) in [7, 11) is 0. The molecule has 0 spiro atoms. The van der Waals surface area contributed by atoms with Crippen molar-refractivity contribution < 1.29 is 34.2 Å². The fourth-order valence-electron chi connectivity index (χ4n) is 3.20. The predicted molar refractivity (Wildman–Crippen MR) is 127 cm³/mol. The number of carbonyl (C=O) groups excluding carboxylic acids is 3. The van der Waals surface area contributed by atoms with Crippen LogP contribution in [0, 0.1) is 0 Å². The third-order valence-electron chi connectivity index (χ3n) is 5.23. The summed E-state index contributed by atoms with van der Waals surface area (Å²) in [6.45, 7) is 1.74. The normalized spacial score (nSPS) is 14.1. The minimum atomic E-state index is -1.25. The van der Waals surface area contributed by atoms with Crippen molar-refractivity contribution in [2.24, 2.45) is 11.5 Å². The number of carbonyl (C=O) groups is 5. The van der Waals surface area contributed by atoms with Crippen LogP contribution in [0.1, 0.15) is 44.6 Å². The van der Waals surface area contributed by atoms with Gasteiger partial charge in [-0.3, -0.25) is 19.2 Å². The lowest BCUT2D eigenvalue weighted by molar-refractivity contribution is -0.142. The maximum Gasteiger partial charge on any atom is 0.326 e. The molecule has 0 saturated heterocycles. The second kappa shape index (κ2) is 15.4. The zero-order valence-electron chi connectivity index (χ0n) is 19.7. The fraction of sp³-hybridized carbons (Fsp3) is 0.522. The summed E-state index contributed by atoms with van der Waals surface area (Å²) in [6, 6.07) is 4.47. The summed E-state index contributed by atoms with van der Waals surface area (Å²) in [4.78, 5) is 60.1. The average molecular weight is 494 g/mol. The number of aliphatic carboxylic acids is 2. The maximum atomic E-state index is 12.7. The Labute approximate surface area is 203 Å². The van der Waals surface area contributed by atoms with E-state index in [-0.39, 0.29) is 19.3 Å². The van der Waals surface area contributed by atoms with Crippen LogP contribution in [-0.4, -0.2) is 70.6 Å². The molecule has 0 bridgehead atoms. The minimum Gasteiger partial charge on any atom is -0.481 e. The first-order valence-electron chi connectivity index (χ1n) is 11.4. The Morgan fingerprint density at radius 2 is 1.49 bits per heavy atom. The van der Waals surface area contributed by atoms with Crippen molar-refractivity contribution in [2.45, 2.75) is 69.6 Å². The Morgan fingerprint density at radius 1 is 0.857 bits per heavy atom. The molecule has 1 aromatic rings. The molecule has 0 aliphatic rings. The van der Waals surface area contributed by atoms with Crippen molar-refractivity contribution in [3.8, 4) is 0 Å². The van der Waals surface area contributed by atoms with Crippen LogP contribution in [0.25, 0.3) is 0 Å². The highest BCUT2D eigenvalue weighted by atomic mass is 16.4. The summed E-state index contributed by atoms with van der Waals surface area (Å²) in [6.07, 6.45) is 0.852. The second-order valence-corrected chi connectivity index (χ2v) is 8.20. The van der Waals surface area contributed by atoms with E-state index in [1.54, 1.807) is 24.3 Å². The molecule has 0 heterocycles. The standard InChI is InChI=1S/C23H35N5O7/c1-14(20(31)28-18(23(34)35)9-5-6-12-24)26-22(33)17(10-11-19(29)30)27-21(32)16(25)13-15-7-3-2-4-8-15/h2-4,7-8,14,16-18H,5-6,9-13,24-25H2,1H3,(H,26,33)(H,27,32)(H,28,31)(H,29,30)(H,34,35)/t14-,16-,17-,18-/m0/s1. The van der Waals surface area contributed by atoms with Crippen LogP contribution in [-0.2, 0) is 30.4 Å². The first kappa shape index (κ1) is 29.5. The molecule has 12 heteroatoms. The van der Waals surface area contributed by atoms with Crippen molar-refractivity contribution in [1.29, 1.82) is 0 Å². The third-order valence-corrected chi connectivity index (χ3v) is 5.23. The average Bonchev–Trinajstić information content (AvgIpc) is 2.81. The van der Waals surface area contributed by atoms with Gasteiger partial charge in [0, 0.05) is 6.42 Å². The number of carboxylic acid groups (broad SMARTS) is 2. The maximum absolute atomic E-state index is 12.7. The molecule has 0 aromatic heterocycles. The van der Waals surface area contributed by atoms with Gasteiger partial charge in [0.05, 0.1) is 6.04 Å². The third kappa shape index (κ3) is 11.5. The molecular weight excluding hydrogens is 458 g/mol. The van der Waals surface area contributed by atoms with Gasteiger partial charge in [-0.1, -0.05) is 30.3 Å². The molecule has 0 fully saturated rings. The summed E-state index contributed by atoms with van der Waals surface area (Å²) in [5, 5.41) is 25.5. The number of carboxylic acids is 2. The van der Waals surface area contributed by atoms with Crippen molar-refractivity contribution in [1.82, 2.24) is 16.0 Å². The smallest absolute Gasteiger partial charge is 0.326 e. The van der Waals surface area contributed by atoms with Gasteiger partial charge < -0.3 is 37.6 Å². The highest BCUT2D eigenvalue weighted by Crippen LogP contribution is 2.05. The Bertz CT molecular complexity index is 865. The predicted octanol–water partition coefficient (Wildman–Crippen LogP) is -0.891.